The second-order valence-electron chi connectivity index (χ2n) is 7.06. The molecule has 6 heteroatoms. The summed E-state index contributed by atoms with van der Waals surface area (Å²) in [5, 5.41) is 3.67. The Morgan fingerprint density at radius 1 is 1.30 bits per heavy atom. The normalized spacial score (nSPS) is 30.6. The lowest BCUT2D eigenvalue weighted by Gasteiger charge is -2.49. The van der Waals surface area contributed by atoms with Crippen LogP contribution in [0.5, 0.6) is 0 Å². The van der Waals surface area contributed by atoms with Crippen LogP contribution in [0.3, 0.4) is 0 Å². The van der Waals surface area contributed by atoms with E-state index in [2.05, 4.69) is 16.3 Å². The van der Waals surface area contributed by atoms with E-state index in [1.807, 2.05) is 6.07 Å². The highest BCUT2D eigenvalue weighted by molar-refractivity contribution is 7.90. The largest absolute Gasteiger partial charge is 0.314 e. The number of nitrogens with one attached hydrogen (secondary N) is 1. The van der Waals surface area contributed by atoms with Crippen LogP contribution in [0.15, 0.2) is 23.1 Å². The first kappa shape index (κ1) is 17.2. The molecular weight excluding hydrogens is 332 g/mol. The molecule has 0 amide bonds. The van der Waals surface area contributed by atoms with Crippen molar-refractivity contribution in [2.45, 2.75) is 42.7 Å². The average molecular weight is 357 g/mol. The summed E-state index contributed by atoms with van der Waals surface area (Å²) in [5.41, 5.74) is 2.32. The SMILES string of the molecule is CS(=O)(=O)c1cccc2c1C1CC3NCCCC3CN1CC2.Cl. The van der Waals surface area contributed by atoms with Crippen molar-refractivity contribution in [1.82, 2.24) is 10.2 Å². The van der Waals surface area contributed by atoms with Crippen LogP contribution >= 0.6 is 12.4 Å². The molecule has 4 rings (SSSR count). The predicted octanol–water partition coefficient (Wildman–Crippen LogP) is 2.18. The predicted molar refractivity (Wildman–Crippen MR) is 93.9 cm³/mol. The monoisotopic (exact) mass is 356 g/mol. The molecule has 3 unspecified atom stereocenters. The van der Waals surface area contributed by atoms with Gasteiger partial charge in [0.1, 0.15) is 0 Å². The minimum absolute atomic E-state index is 0. The van der Waals surface area contributed by atoms with Gasteiger partial charge < -0.3 is 5.32 Å². The van der Waals surface area contributed by atoms with Gasteiger partial charge in [0, 0.05) is 31.4 Å². The van der Waals surface area contributed by atoms with Crippen molar-refractivity contribution in [1.29, 1.82) is 0 Å². The van der Waals surface area contributed by atoms with Crippen molar-refractivity contribution in [2.24, 2.45) is 5.92 Å². The zero-order valence-corrected chi connectivity index (χ0v) is 15.1. The molecule has 3 heterocycles. The first-order chi connectivity index (χ1) is 10.5. The molecule has 0 bridgehead atoms. The fourth-order valence-corrected chi connectivity index (χ4v) is 5.64. The first-order valence-electron chi connectivity index (χ1n) is 8.33. The molecule has 1 aromatic rings. The third-order valence-corrected chi connectivity index (χ3v) is 6.83. The van der Waals surface area contributed by atoms with Crippen molar-refractivity contribution < 1.29 is 8.42 Å². The highest BCUT2D eigenvalue weighted by Gasteiger charge is 2.41. The summed E-state index contributed by atoms with van der Waals surface area (Å²) in [7, 11) is -3.17. The van der Waals surface area contributed by atoms with Gasteiger partial charge in [-0.25, -0.2) is 8.42 Å². The summed E-state index contributed by atoms with van der Waals surface area (Å²) in [6.07, 6.45) is 5.93. The molecule has 3 aliphatic heterocycles. The third-order valence-electron chi connectivity index (χ3n) is 5.67. The molecule has 3 aliphatic rings. The van der Waals surface area contributed by atoms with Crippen LogP contribution in [0.1, 0.15) is 36.4 Å². The lowest BCUT2D eigenvalue weighted by atomic mass is 9.77. The Balaban J connectivity index is 0.00000156. The molecule has 3 atom stereocenters. The fourth-order valence-electron chi connectivity index (χ4n) is 4.65. The van der Waals surface area contributed by atoms with Gasteiger partial charge >= 0.3 is 0 Å². The summed E-state index contributed by atoms with van der Waals surface area (Å²) in [6, 6.07) is 6.62. The highest BCUT2D eigenvalue weighted by Crippen LogP contribution is 2.42. The van der Waals surface area contributed by atoms with E-state index >= 15 is 0 Å². The van der Waals surface area contributed by atoms with Crippen LogP contribution in [0.2, 0.25) is 0 Å². The number of sulfone groups is 1. The van der Waals surface area contributed by atoms with Crippen molar-refractivity contribution >= 4 is 22.2 Å². The number of hydrogen-bond acceptors (Lipinski definition) is 4. The van der Waals surface area contributed by atoms with Gasteiger partial charge in [0.2, 0.25) is 0 Å². The van der Waals surface area contributed by atoms with E-state index in [4.69, 9.17) is 0 Å². The molecule has 128 valence electrons. The van der Waals surface area contributed by atoms with Gasteiger partial charge in [-0.3, -0.25) is 4.90 Å². The molecule has 1 N–H and O–H groups in total. The Labute approximate surface area is 145 Å². The molecule has 0 aromatic heterocycles. The quantitative estimate of drug-likeness (QED) is 0.838. The van der Waals surface area contributed by atoms with Gasteiger partial charge in [0.05, 0.1) is 4.90 Å². The zero-order valence-electron chi connectivity index (χ0n) is 13.5. The van der Waals surface area contributed by atoms with Gasteiger partial charge in [-0.15, -0.1) is 12.4 Å². The van der Waals surface area contributed by atoms with E-state index in [1.165, 1.54) is 24.7 Å². The summed E-state index contributed by atoms with van der Waals surface area (Å²) in [5.74, 6) is 0.733. The van der Waals surface area contributed by atoms with E-state index in [-0.39, 0.29) is 18.4 Å². The van der Waals surface area contributed by atoms with E-state index < -0.39 is 9.84 Å². The maximum Gasteiger partial charge on any atom is 0.175 e. The Bertz CT molecular complexity index is 692. The average Bonchev–Trinajstić information content (AvgIpc) is 2.51. The fraction of sp³-hybridized carbons (Fsp3) is 0.647. The zero-order chi connectivity index (χ0) is 15.3. The van der Waals surface area contributed by atoms with Crippen molar-refractivity contribution in [3.63, 3.8) is 0 Å². The molecule has 0 radical (unpaired) electrons. The van der Waals surface area contributed by atoms with Crippen LogP contribution < -0.4 is 5.32 Å². The third kappa shape index (κ3) is 3.04. The topological polar surface area (TPSA) is 49.4 Å². The Kier molecular flexibility index (Phi) is 4.76. The number of piperidine rings is 2. The summed E-state index contributed by atoms with van der Waals surface area (Å²) in [6.45, 7) is 3.28. The molecule has 2 saturated heterocycles. The Morgan fingerprint density at radius 3 is 2.91 bits per heavy atom. The molecule has 0 saturated carbocycles. The van der Waals surface area contributed by atoms with E-state index in [9.17, 15) is 8.42 Å². The minimum atomic E-state index is -3.17. The van der Waals surface area contributed by atoms with Gasteiger partial charge in [0.15, 0.2) is 9.84 Å². The lowest BCUT2D eigenvalue weighted by molar-refractivity contribution is 0.0537. The van der Waals surface area contributed by atoms with Crippen molar-refractivity contribution in [3.8, 4) is 0 Å². The van der Waals surface area contributed by atoms with Crippen LogP contribution in [0.4, 0.5) is 0 Å². The van der Waals surface area contributed by atoms with Gasteiger partial charge in [-0.2, -0.15) is 0 Å². The summed E-state index contributed by atoms with van der Waals surface area (Å²) < 4.78 is 24.5. The number of benzene rings is 1. The van der Waals surface area contributed by atoms with Crippen LogP contribution in [0.25, 0.3) is 0 Å². The van der Waals surface area contributed by atoms with Crippen LogP contribution in [-0.4, -0.2) is 45.2 Å². The number of rotatable bonds is 1. The van der Waals surface area contributed by atoms with E-state index in [0.717, 1.165) is 44.0 Å². The molecule has 4 nitrogen and oxygen atoms in total. The standard InChI is InChI=1S/C17H24N2O2S.ClH/c1-22(20,21)16-6-2-4-12-7-9-19-11-13-5-3-8-18-14(13)10-15(19)17(12)16;/h2,4,6,13-15,18H,3,5,7-11H2,1H3;1H. The van der Waals surface area contributed by atoms with Gasteiger partial charge in [-0.05, 0) is 55.3 Å². The molecule has 0 spiro atoms. The molecule has 0 aliphatic carbocycles. The van der Waals surface area contributed by atoms with E-state index in [1.54, 1.807) is 6.07 Å². The number of halogens is 1. The molecule has 23 heavy (non-hydrogen) atoms. The number of nitrogens with zero attached hydrogens (tertiary/aromatic N) is 1. The Morgan fingerprint density at radius 2 is 2.13 bits per heavy atom. The molecule has 1 aromatic carbocycles. The lowest BCUT2D eigenvalue weighted by Crippen LogP contribution is -2.54. The minimum Gasteiger partial charge on any atom is -0.314 e. The second-order valence-corrected chi connectivity index (χ2v) is 9.04. The maximum atomic E-state index is 12.2. The van der Waals surface area contributed by atoms with Crippen molar-refractivity contribution in [3.05, 3.63) is 29.3 Å². The summed E-state index contributed by atoms with van der Waals surface area (Å²) >= 11 is 0. The van der Waals surface area contributed by atoms with Gasteiger partial charge in [-0.1, -0.05) is 12.1 Å². The van der Waals surface area contributed by atoms with Crippen LogP contribution in [0, 0.1) is 5.92 Å². The summed E-state index contributed by atoms with van der Waals surface area (Å²) in [4.78, 5) is 3.08. The first-order valence-corrected chi connectivity index (χ1v) is 10.2. The highest BCUT2D eigenvalue weighted by atomic mass is 35.5. The molecular formula is C17H25ClN2O2S. The van der Waals surface area contributed by atoms with Crippen molar-refractivity contribution in [2.75, 3.05) is 25.9 Å². The second kappa shape index (κ2) is 6.36. The van der Waals surface area contributed by atoms with Gasteiger partial charge in [0.25, 0.3) is 0 Å². The number of hydrogen-bond donors (Lipinski definition) is 1. The maximum absolute atomic E-state index is 12.2. The Hall–Kier alpha value is -0.620. The smallest absolute Gasteiger partial charge is 0.175 e. The molecule has 2 fully saturated rings. The van der Waals surface area contributed by atoms with Crippen LogP contribution in [-0.2, 0) is 16.3 Å². The number of fused-ring (bicyclic) bond motifs is 4. The van der Waals surface area contributed by atoms with E-state index in [0.29, 0.717) is 10.9 Å².